The summed E-state index contributed by atoms with van der Waals surface area (Å²) in [6.07, 6.45) is -1.51. The molecule has 0 radical (unpaired) electrons. The molecule has 0 aromatic heterocycles. The second-order valence-electron chi connectivity index (χ2n) is 3.06. The number of aliphatic hydroxyl groups excluding tert-OH is 1. The fourth-order valence-corrected chi connectivity index (χ4v) is 2.85. The highest BCUT2D eigenvalue weighted by atomic mass is 31.2. The van der Waals surface area contributed by atoms with Crippen molar-refractivity contribution in [3.8, 4) is 0 Å². The van der Waals surface area contributed by atoms with E-state index in [-0.39, 0.29) is 25.8 Å². The maximum atomic E-state index is 11.9. The average molecular weight is 254 g/mol. The molecule has 6 nitrogen and oxygen atoms in total. The minimum absolute atomic E-state index is 0.205. The van der Waals surface area contributed by atoms with Gasteiger partial charge >= 0.3 is 13.6 Å². The zero-order valence-electron chi connectivity index (χ0n) is 9.84. The van der Waals surface area contributed by atoms with Crippen LogP contribution in [0.4, 0.5) is 0 Å². The standard InChI is InChI=1S/C9H19O6P/c1-4-14-16(12,15-5-2)7-8(10)6-9(11)13-3/h8,10H,4-7H2,1-3H3/t8-/m1/s1. The smallest absolute Gasteiger partial charge is 0.333 e. The molecule has 16 heavy (non-hydrogen) atoms. The third kappa shape index (κ3) is 6.23. The molecular formula is C9H19O6P. The minimum Gasteiger partial charge on any atom is -0.469 e. The van der Waals surface area contributed by atoms with Crippen molar-refractivity contribution in [2.75, 3.05) is 26.5 Å². The lowest BCUT2D eigenvalue weighted by Crippen LogP contribution is -2.20. The summed E-state index contributed by atoms with van der Waals surface area (Å²) in [4.78, 5) is 10.9. The van der Waals surface area contributed by atoms with Gasteiger partial charge in [0, 0.05) is 0 Å². The van der Waals surface area contributed by atoms with Crippen molar-refractivity contribution < 1.29 is 28.3 Å². The van der Waals surface area contributed by atoms with E-state index in [1.807, 2.05) is 0 Å². The van der Waals surface area contributed by atoms with Crippen molar-refractivity contribution >= 4 is 13.6 Å². The lowest BCUT2D eigenvalue weighted by molar-refractivity contribution is -0.142. The predicted molar refractivity (Wildman–Crippen MR) is 58.4 cm³/mol. The molecule has 0 aliphatic rings. The van der Waals surface area contributed by atoms with Crippen LogP contribution < -0.4 is 0 Å². The van der Waals surface area contributed by atoms with Crippen LogP contribution >= 0.6 is 7.60 Å². The highest BCUT2D eigenvalue weighted by molar-refractivity contribution is 7.53. The van der Waals surface area contributed by atoms with E-state index in [4.69, 9.17) is 9.05 Å². The first-order chi connectivity index (χ1) is 7.47. The first kappa shape index (κ1) is 15.6. The van der Waals surface area contributed by atoms with Crippen LogP contribution in [0.1, 0.15) is 20.3 Å². The van der Waals surface area contributed by atoms with E-state index in [9.17, 15) is 14.5 Å². The van der Waals surface area contributed by atoms with E-state index in [2.05, 4.69) is 4.74 Å². The Kier molecular flexibility index (Phi) is 7.58. The maximum Gasteiger partial charge on any atom is 0.333 e. The monoisotopic (exact) mass is 254 g/mol. The number of ether oxygens (including phenoxy) is 1. The van der Waals surface area contributed by atoms with Gasteiger partial charge in [-0.25, -0.2) is 0 Å². The van der Waals surface area contributed by atoms with Gasteiger partial charge in [-0.3, -0.25) is 9.36 Å². The lowest BCUT2D eigenvalue weighted by atomic mass is 10.3. The van der Waals surface area contributed by atoms with Crippen LogP contribution in [-0.4, -0.2) is 43.7 Å². The summed E-state index contributed by atoms with van der Waals surface area (Å²) >= 11 is 0. The quantitative estimate of drug-likeness (QED) is 0.517. The van der Waals surface area contributed by atoms with E-state index in [0.29, 0.717) is 0 Å². The van der Waals surface area contributed by atoms with Crippen LogP contribution in [-0.2, 0) is 23.1 Å². The number of methoxy groups -OCH3 is 1. The summed E-state index contributed by atoms with van der Waals surface area (Å²) in [5.41, 5.74) is 0. The summed E-state index contributed by atoms with van der Waals surface area (Å²) < 4.78 is 26.3. The summed E-state index contributed by atoms with van der Waals surface area (Å²) in [6.45, 7) is 3.81. The highest BCUT2D eigenvalue weighted by Gasteiger charge is 2.28. The van der Waals surface area contributed by atoms with Crippen LogP contribution in [0.3, 0.4) is 0 Å². The molecule has 0 amide bonds. The zero-order valence-corrected chi connectivity index (χ0v) is 10.7. The molecule has 0 aliphatic carbocycles. The maximum absolute atomic E-state index is 11.9. The number of aliphatic hydroxyl groups is 1. The van der Waals surface area contributed by atoms with Crippen LogP contribution in [0.15, 0.2) is 0 Å². The largest absolute Gasteiger partial charge is 0.469 e. The normalized spacial score (nSPS) is 13.5. The summed E-state index contributed by atoms with van der Waals surface area (Å²) in [5, 5.41) is 9.51. The number of esters is 1. The molecule has 0 saturated heterocycles. The summed E-state index contributed by atoms with van der Waals surface area (Å²) in [7, 11) is -2.08. The Bertz CT molecular complexity index is 244. The third-order valence-corrected chi connectivity index (χ3v) is 3.89. The van der Waals surface area contributed by atoms with E-state index in [1.165, 1.54) is 7.11 Å². The second-order valence-corrected chi connectivity index (χ2v) is 5.17. The Labute approximate surface area is 95.4 Å². The molecule has 1 atom stereocenters. The Morgan fingerprint density at radius 1 is 1.31 bits per heavy atom. The van der Waals surface area contributed by atoms with Crippen LogP contribution in [0, 0.1) is 0 Å². The van der Waals surface area contributed by atoms with Crippen molar-refractivity contribution in [2.24, 2.45) is 0 Å². The van der Waals surface area contributed by atoms with Gasteiger partial charge in [0.2, 0.25) is 0 Å². The van der Waals surface area contributed by atoms with Crippen molar-refractivity contribution in [2.45, 2.75) is 26.4 Å². The third-order valence-electron chi connectivity index (χ3n) is 1.72. The van der Waals surface area contributed by atoms with Crippen LogP contribution in [0.25, 0.3) is 0 Å². The van der Waals surface area contributed by atoms with Gasteiger partial charge in [0.05, 0.1) is 39.0 Å². The Balaban J connectivity index is 4.28. The molecule has 0 aliphatic heterocycles. The molecule has 0 bridgehead atoms. The molecule has 0 unspecified atom stereocenters. The molecule has 1 N–H and O–H groups in total. The highest BCUT2D eigenvalue weighted by Crippen LogP contribution is 2.48. The average Bonchev–Trinajstić information content (AvgIpc) is 2.17. The van der Waals surface area contributed by atoms with Crippen LogP contribution in [0.5, 0.6) is 0 Å². The van der Waals surface area contributed by atoms with E-state index >= 15 is 0 Å². The van der Waals surface area contributed by atoms with Gasteiger partial charge in [0.1, 0.15) is 0 Å². The second kappa shape index (κ2) is 7.79. The number of carbonyl (C=O) groups is 1. The molecule has 0 heterocycles. The van der Waals surface area contributed by atoms with E-state index in [1.54, 1.807) is 13.8 Å². The van der Waals surface area contributed by atoms with Gasteiger partial charge in [0.15, 0.2) is 0 Å². The Morgan fingerprint density at radius 3 is 2.19 bits per heavy atom. The number of rotatable bonds is 8. The van der Waals surface area contributed by atoms with Gasteiger partial charge in [-0.05, 0) is 13.8 Å². The van der Waals surface area contributed by atoms with Gasteiger partial charge in [0.25, 0.3) is 0 Å². The number of hydrogen-bond acceptors (Lipinski definition) is 6. The van der Waals surface area contributed by atoms with E-state index < -0.39 is 19.7 Å². The summed E-state index contributed by atoms with van der Waals surface area (Å²) in [5.74, 6) is -0.563. The van der Waals surface area contributed by atoms with Crippen molar-refractivity contribution in [1.82, 2.24) is 0 Å². The summed E-state index contributed by atoms with van der Waals surface area (Å²) in [6, 6.07) is 0. The molecule has 7 heteroatoms. The molecule has 96 valence electrons. The van der Waals surface area contributed by atoms with Crippen molar-refractivity contribution in [3.63, 3.8) is 0 Å². The SMILES string of the molecule is CCOP(=O)(C[C@H](O)CC(=O)OC)OCC. The predicted octanol–water partition coefficient (Wildman–Crippen LogP) is 1.18. The zero-order chi connectivity index (χ0) is 12.6. The molecule has 0 aromatic rings. The van der Waals surface area contributed by atoms with Gasteiger partial charge in [-0.1, -0.05) is 0 Å². The minimum atomic E-state index is -3.30. The molecule has 0 saturated carbocycles. The van der Waals surface area contributed by atoms with Gasteiger partial charge < -0.3 is 18.9 Å². The van der Waals surface area contributed by atoms with Crippen molar-refractivity contribution in [3.05, 3.63) is 0 Å². The van der Waals surface area contributed by atoms with Gasteiger partial charge in [-0.2, -0.15) is 0 Å². The molecule has 0 spiro atoms. The molecule has 0 rings (SSSR count). The van der Waals surface area contributed by atoms with Crippen molar-refractivity contribution in [1.29, 1.82) is 0 Å². The van der Waals surface area contributed by atoms with E-state index in [0.717, 1.165) is 0 Å². The molecule has 0 aromatic carbocycles. The topological polar surface area (TPSA) is 82.1 Å². The first-order valence-corrected chi connectivity index (χ1v) is 6.83. The molecule has 0 fully saturated rings. The fraction of sp³-hybridized carbons (Fsp3) is 0.889. The van der Waals surface area contributed by atoms with Gasteiger partial charge in [-0.15, -0.1) is 0 Å². The Morgan fingerprint density at radius 2 is 1.81 bits per heavy atom. The first-order valence-electron chi connectivity index (χ1n) is 5.10. The number of carbonyl (C=O) groups excluding carboxylic acids is 1. The number of hydrogen-bond donors (Lipinski definition) is 1. The lowest BCUT2D eigenvalue weighted by Gasteiger charge is -2.19. The molecular weight excluding hydrogens is 235 g/mol. The fourth-order valence-electron chi connectivity index (χ4n) is 1.13. The van der Waals surface area contributed by atoms with Crippen LogP contribution in [0.2, 0.25) is 0 Å². The Hall–Kier alpha value is -0.420.